The molecule has 1 aliphatic rings. The number of nitrogens with one attached hydrogen (secondary N) is 2. The van der Waals surface area contributed by atoms with Crippen molar-refractivity contribution in [3.05, 3.63) is 41.0 Å². The van der Waals surface area contributed by atoms with Gasteiger partial charge in [0.15, 0.2) is 11.8 Å². The number of ether oxygens (including phenoxy) is 1. The number of aromatic nitrogens is 3. The van der Waals surface area contributed by atoms with E-state index in [-0.39, 0.29) is 5.60 Å². The minimum atomic E-state index is -0.251. The molecule has 30 heavy (non-hydrogen) atoms. The van der Waals surface area contributed by atoms with Crippen molar-refractivity contribution in [2.45, 2.75) is 85.0 Å². The van der Waals surface area contributed by atoms with Crippen molar-refractivity contribution in [3.8, 4) is 5.75 Å². The fourth-order valence-electron chi connectivity index (χ4n) is 3.57. The summed E-state index contributed by atoms with van der Waals surface area (Å²) in [5.74, 6) is 3.50. The number of guanidine groups is 1. The monoisotopic (exact) mass is 412 g/mol. The second-order valence-corrected chi connectivity index (χ2v) is 9.19. The van der Waals surface area contributed by atoms with Crippen LogP contribution in [0.25, 0.3) is 0 Å². The van der Waals surface area contributed by atoms with Crippen LogP contribution in [0.15, 0.2) is 23.2 Å². The molecule has 3 rings (SSSR count). The topological polar surface area (TPSA) is 76.4 Å². The van der Waals surface area contributed by atoms with E-state index in [1.165, 1.54) is 31.2 Å². The maximum absolute atomic E-state index is 6.20. The van der Waals surface area contributed by atoms with Crippen LogP contribution in [0.1, 0.15) is 69.2 Å². The van der Waals surface area contributed by atoms with Crippen LogP contribution in [-0.2, 0) is 20.1 Å². The van der Waals surface area contributed by atoms with Crippen LogP contribution >= 0.6 is 0 Å². The summed E-state index contributed by atoms with van der Waals surface area (Å²) in [6.45, 7) is 11.4. The number of aliphatic imine (C=N–C) groups is 1. The summed E-state index contributed by atoms with van der Waals surface area (Å²) < 4.78 is 8.19. The summed E-state index contributed by atoms with van der Waals surface area (Å²) in [5, 5.41) is 15.4. The molecular formula is C23H36N6O. The van der Waals surface area contributed by atoms with Gasteiger partial charge in [0.2, 0.25) is 0 Å². The fraction of sp³-hybridized carbons (Fsp3) is 0.609. The molecule has 0 unspecified atom stereocenters. The van der Waals surface area contributed by atoms with Gasteiger partial charge in [-0.05, 0) is 59.1 Å². The second kappa shape index (κ2) is 9.49. The van der Waals surface area contributed by atoms with Gasteiger partial charge in [0.05, 0.1) is 13.1 Å². The Morgan fingerprint density at radius 3 is 2.57 bits per heavy atom. The van der Waals surface area contributed by atoms with Gasteiger partial charge in [0.25, 0.3) is 0 Å². The van der Waals surface area contributed by atoms with E-state index in [9.17, 15) is 0 Å². The molecule has 0 radical (unpaired) electrons. The Bertz CT molecular complexity index is 874. The predicted octanol–water partition coefficient (Wildman–Crippen LogP) is 3.79. The summed E-state index contributed by atoms with van der Waals surface area (Å²) in [7, 11) is 1.98. The number of aryl methyl sites for hydroxylation is 2. The minimum Gasteiger partial charge on any atom is -0.488 e. The van der Waals surface area contributed by atoms with Crippen LogP contribution < -0.4 is 15.4 Å². The maximum Gasteiger partial charge on any atom is 0.192 e. The van der Waals surface area contributed by atoms with Crippen LogP contribution in [0.5, 0.6) is 5.75 Å². The number of benzene rings is 1. The van der Waals surface area contributed by atoms with E-state index in [2.05, 4.69) is 66.7 Å². The third-order valence-corrected chi connectivity index (χ3v) is 5.34. The molecule has 2 aromatic rings. The molecule has 0 saturated heterocycles. The van der Waals surface area contributed by atoms with E-state index in [1.54, 1.807) is 0 Å². The van der Waals surface area contributed by atoms with Crippen LogP contribution in [0.2, 0.25) is 0 Å². The van der Waals surface area contributed by atoms with E-state index >= 15 is 0 Å². The smallest absolute Gasteiger partial charge is 0.192 e. The van der Waals surface area contributed by atoms with Crippen molar-refractivity contribution < 1.29 is 4.74 Å². The van der Waals surface area contributed by atoms with Crippen LogP contribution in [0.3, 0.4) is 0 Å². The first kappa shape index (κ1) is 22.1. The summed E-state index contributed by atoms with van der Waals surface area (Å²) in [5.41, 5.74) is 2.01. The SMILES string of the molecule is Cc1ccc(CN=C(NCc2nnc(C)n2C)NC2CCCC2)c(OC(C)(C)C)c1. The highest BCUT2D eigenvalue weighted by Crippen LogP contribution is 2.25. The largest absolute Gasteiger partial charge is 0.488 e. The number of hydrogen-bond acceptors (Lipinski definition) is 4. The lowest BCUT2D eigenvalue weighted by Crippen LogP contribution is -2.42. The van der Waals surface area contributed by atoms with Crippen LogP contribution in [-0.4, -0.2) is 32.4 Å². The molecule has 1 heterocycles. The summed E-state index contributed by atoms with van der Waals surface area (Å²) in [6, 6.07) is 6.79. The molecule has 0 spiro atoms. The average Bonchev–Trinajstić information content (AvgIpc) is 3.28. The zero-order chi connectivity index (χ0) is 21.7. The Labute approximate surface area is 180 Å². The molecule has 0 amide bonds. The Hall–Kier alpha value is -2.57. The highest BCUT2D eigenvalue weighted by Gasteiger charge is 2.18. The van der Waals surface area contributed by atoms with Crippen molar-refractivity contribution >= 4 is 5.96 Å². The van der Waals surface area contributed by atoms with Gasteiger partial charge < -0.3 is 19.9 Å². The van der Waals surface area contributed by atoms with Crippen molar-refractivity contribution in [2.75, 3.05) is 0 Å². The molecule has 0 atom stereocenters. The summed E-state index contributed by atoms with van der Waals surface area (Å²) in [4.78, 5) is 4.89. The Balaban J connectivity index is 1.76. The van der Waals surface area contributed by atoms with Crippen LogP contribution in [0.4, 0.5) is 0 Å². The average molecular weight is 413 g/mol. The van der Waals surface area contributed by atoms with Gasteiger partial charge >= 0.3 is 0 Å². The fourth-order valence-corrected chi connectivity index (χ4v) is 3.57. The summed E-state index contributed by atoms with van der Waals surface area (Å²) in [6.07, 6.45) is 4.92. The highest BCUT2D eigenvalue weighted by molar-refractivity contribution is 5.80. The predicted molar refractivity (Wildman–Crippen MR) is 121 cm³/mol. The highest BCUT2D eigenvalue weighted by atomic mass is 16.5. The minimum absolute atomic E-state index is 0.251. The van der Waals surface area contributed by atoms with Gasteiger partial charge in [-0.3, -0.25) is 0 Å². The summed E-state index contributed by atoms with van der Waals surface area (Å²) >= 11 is 0. The third kappa shape index (κ3) is 6.21. The first-order valence-electron chi connectivity index (χ1n) is 10.9. The van der Waals surface area contributed by atoms with Crippen molar-refractivity contribution in [3.63, 3.8) is 0 Å². The van der Waals surface area contributed by atoms with E-state index in [4.69, 9.17) is 9.73 Å². The first-order valence-corrected chi connectivity index (χ1v) is 10.9. The lowest BCUT2D eigenvalue weighted by atomic mass is 10.1. The van der Waals surface area contributed by atoms with Gasteiger partial charge in [0.1, 0.15) is 17.2 Å². The van der Waals surface area contributed by atoms with E-state index in [0.717, 1.165) is 28.9 Å². The second-order valence-electron chi connectivity index (χ2n) is 9.19. The molecule has 1 fully saturated rings. The Morgan fingerprint density at radius 1 is 1.20 bits per heavy atom. The van der Waals surface area contributed by atoms with Gasteiger partial charge in [-0.15, -0.1) is 10.2 Å². The number of hydrogen-bond donors (Lipinski definition) is 2. The molecule has 7 nitrogen and oxygen atoms in total. The maximum atomic E-state index is 6.20. The molecule has 0 bridgehead atoms. The van der Waals surface area contributed by atoms with E-state index in [0.29, 0.717) is 19.1 Å². The number of nitrogens with zero attached hydrogens (tertiary/aromatic N) is 4. The third-order valence-electron chi connectivity index (χ3n) is 5.34. The van der Waals surface area contributed by atoms with Gasteiger partial charge in [-0.25, -0.2) is 4.99 Å². The van der Waals surface area contributed by atoms with E-state index < -0.39 is 0 Å². The molecular weight excluding hydrogens is 376 g/mol. The van der Waals surface area contributed by atoms with Gasteiger partial charge in [-0.2, -0.15) is 0 Å². The Morgan fingerprint density at radius 2 is 1.93 bits per heavy atom. The molecule has 164 valence electrons. The van der Waals surface area contributed by atoms with E-state index in [1.807, 2.05) is 18.5 Å². The molecule has 1 aromatic heterocycles. The quantitative estimate of drug-likeness (QED) is 0.558. The molecule has 1 saturated carbocycles. The zero-order valence-electron chi connectivity index (χ0n) is 19.2. The Kier molecular flexibility index (Phi) is 7.00. The normalized spacial score (nSPS) is 15.5. The molecule has 1 aliphatic carbocycles. The van der Waals surface area contributed by atoms with Crippen molar-refractivity contribution in [1.82, 2.24) is 25.4 Å². The molecule has 2 N–H and O–H groups in total. The van der Waals surface area contributed by atoms with Crippen LogP contribution in [0, 0.1) is 13.8 Å². The van der Waals surface area contributed by atoms with Gasteiger partial charge in [-0.1, -0.05) is 25.0 Å². The van der Waals surface area contributed by atoms with Crippen molar-refractivity contribution in [1.29, 1.82) is 0 Å². The molecule has 0 aliphatic heterocycles. The molecule has 7 heteroatoms. The lowest BCUT2D eigenvalue weighted by molar-refractivity contribution is 0.129. The lowest BCUT2D eigenvalue weighted by Gasteiger charge is -2.23. The standard InChI is InChI=1S/C23H36N6O/c1-16-11-12-18(20(13-16)30-23(3,4)5)14-24-22(26-19-9-7-8-10-19)25-15-21-28-27-17(2)29(21)6/h11-13,19H,7-10,14-15H2,1-6H3,(H2,24,25,26). The molecule has 1 aromatic carbocycles. The zero-order valence-corrected chi connectivity index (χ0v) is 19.2. The number of rotatable bonds is 6. The van der Waals surface area contributed by atoms with Crippen molar-refractivity contribution in [2.24, 2.45) is 12.0 Å². The first-order chi connectivity index (χ1) is 14.2. The van der Waals surface area contributed by atoms with Gasteiger partial charge in [0, 0.05) is 18.7 Å².